The minimum Gasteiger partial charge on any atom is -0.322 e. The minimum absolute atomic E-state index is 0.00802. The van der Waals surface area contributed by atoms with Crippen LogP contribution in [0.3, 0.4) is 0 Å². The van der Waals surface area contributed by atoms with E-state index in [4.69, 9.17) is 0 Å². The summed E-state index contributed by atoms with van der Waals surface area (Å²) >= 11 is 0. The Hall–Kier alpha value is -2.10. The number of amides is 1. The highest BCUT2D eigenvalue weighted by Gasteiger charge is 2.19. The Morgan fingerprint density at radius 2 is 1.83 bits per heavy atom. The molecule has 1 heterocycles. The monoisotopic (exact) mass is 313 g/mol. The molecular weight excluding hydrogens is 286 g/mol. The molecule has 2 N–H and O–H groups in total. The van der Waals surface area contributed by atoms with Crippen molar-refractivity contribution >= 4 is 11.6 Å². The van der Waals surface area contributed by atoms with E-state index >= 15 is 0 Å². The summed E-state index contributed by atoms with van der Waals surface area (Å²) in [6, 6.07) is 8.40. The summed E-state index contributed by atoms with van der Waals surface area (Å²) in [4.78, 5) is 12.1. The third kappa shape index (κ3) is 3.81. The molecule has 0 radical (unpaired) electrons. The molecule has 2 rings (SSSR count). The molecule has 1 aromatic carbocycles. The number of anilines is 1. The first kappa shape index (κ1) is 17.3. The fraction of sp³-hybridized carbons (Fsp3) is 0.474. The molecule has 0 bridgehead atoms. The third-order valence-corrected chi connectivity index (χ3v) is 3.99. The molecule has 1 aromatic heterocycles. The zero-order valence-corrected chi connectivity index (χ0v) is 14.9. The Bertz CT molecular complexity index is 676. The fourth-order valence-electron chi connectivity index (χ4n) is 2.37. The summed E-state index contributed by atoms with van der Waals surface area (Å²) in [5.41, 5.74) is 4.96. The standard InChI is InChI=1S/C19H27N3O/c1-7-15-17(20-18(23)12(2)3)16(22-21-15)13-8-10-14(11-9-13)19(4,5)6/h8-12H,7H2,1-6H3,(H,20,23)(H,21,22). The van der Waals surface area contributed by atoms with Gasteiger partial charge in [-0.05, 0) is 17.4 Å². The SMILES string of the molecule is CCc1[nH]nc(-c2ccc(C(C)(C)C)cc2)c1NC(=O)C(C)C. The van der Waals surface area contributed by atoms with E-state index in [1.54, 1.807) is 0 Å². The lowest BCUT2D eigenvalue weighted by Crippen LogP contribution is -2.18. The van der Waals surface area contributed by atoms with Crippen molar-refractivity contribution in [3.05, 3.63) is 35.5 Å². The third-order valence-electron chi connectivity index (χ3n) is 3.99. The summed E-state index contributed by atoms with van der Waals surface area (Å²) in [6.45, 7) is 12.4. The molecule has 2 aromatic rings. The Kier molecular flexibility index (Phi) is 4.93. The zero-order valence-electron chi connectivity index (χ0n) is 14.9. The van der Waals surface area contributed by atoms with Crippen LogP contribution in [0.4, 0.5) is 5.69 Å². The normalized spacial score (nSPS) is 11.8. The average Bonchev–Trinajstić information content (AvgIpc) is 2.89. The molecule has 0 aliphatic rings. The van der Waals surface area contributed by atoms with E-state index in [1.165, 1.54) is 5.56 Å². The molecule has 1 amide bonds. The number of nitrogens with zero attached hydrogens (tertiary/aromatic N) is 1. The molecule has 0 saturated carbocycles. The highest BCUT2D eigenvalue weighted by molar-refractivity contribution is 5.96. The second kappa shape index (κ2) is 6.57. The van der Waals surface area contributed by atoms with Gasteiger partial charge in [-0.1, -0.05) is 65.8 Å². The van der Waals surface area contributed by atoms with E-state index in [9.17, 15) is 4.79 Å². The van der Waals surface area contributed by atoms with Crippen molar-refractivity contribution in [2.24, 2.45) is 5.92 Å². The topological polar surface area (TPSA) is 57.8 Å². The highest BCUT2D eigenvalue weighted by atomic mass is 16.1. The van der Waals surface area contributed by atoms with Crippen LogP contribution in [0.15, 0.2) is 24.3 Å². The van der Waals surface area contributed by atoms with Gasteiger partial charge >= 0.3 is 0 Å². The molecule has 0 unspecified atom stereocenters. The molecule has 0 atom stereocenters. The van der Waals surface area contributed by atoms with E-state index < -0.39 is 0 Å². The molecule has 0 aliphatic heterocycles. The number of aromatic nitrogens is 2. The van der Waals surface area contributed by atoms with Crippen molar-refractivity contribution in [3.8, 4) is 11.3 Å². The summed E-state index contributed by atoms with van der Waals surface area (Å²) < 4.78 is 0. The fourth-order valence-corrected chi connectivity index (χ4v) is 2.37. The molecule has 0 saturated heterocycles. The highest BCUT2D eigenvalue weighted by Crippen LogP contribution is 2.31. The van der Waals surface area contributed by atoms with Gasteiger partial charge in [0, 0.05) is 11.5 Å². The van der Waals surface area contributed by atoms with Crippen molar-refractivity contribution in [1.29, 1.82) is 0 Å². The predicted octanol–water partition coefficient (Wildman–Crippen LogP) is 4.53. The molecule has 0 aliphatic carbocycles. The average molecular weight is 313 g/mol. The van der Waals surface area contributed by atoms with Gasteiger partial charge in [0.2, 0.25) is 5.91 Å². The number of hydrogen-bond acceptors (Lipinski definition) is 2. The van der Waals surface area contributed by atoms with Crippen LogP contribution < -0.4 is 5.32 Å². The first-order valence-corrected chi connectivity index (χ1v) is 8.23. The van der Waals surface area contributed by atoms with Crippen LogP contribution in [0, 0.1) is 5.92 Å². The minimum atomic E-state index is -0.0641. The molecule has 4 heteroatoms. The number of aromatic amines is 1. The van der Waals surface area contributed by atoms with Crippen molar-refractivity contribution in [3.63, 3.8) is 0 Å². The van der Waals surface area contributed by atoms with Gasteiger partial charge in [-0.2, -0.15) is 5.10 Å². The van der Waals surface area contributed by atoms with Crippen LogP contribution in [-0.4, -0.2) is 16.1 Å². The summed E-state index contributed by atoms with van der Waals surface area (Å²) in [7, 11) is 0. The van der Waals surface area contributed by atoms with Crippen molar-refractivity contribution in [1.82, 2.24) is 10.2 Å². The van der Waals surface area contributed by atoms with Crippen LogP contribution >= 0.6 is 0 Å². The second-order valence-corrected chi connectivity index (χ2v) is 7.25. The van der Waals surface area contributed by atoms with Crippen LogP contribution in [0.25, 0.3) is 11.3 Å². The quantitative estimate of drug-likeness (QED) is 0.871. The van der Waals surface area contributed by atoms with Crippen LogP contribution in [0.2, 0.25) is 0 Å². The van der Waals surface area contributed by atoms with Crippen LogP contribution in [-0.2, 0) is 16.6 Å². The molecule has 4 nitrogen and oxygen atoms in total. The maximum Gasteiger partial charge on any atom is 0.227 e. The van der Waals surface area contributed by atoms with Crippen molar-refractivity contribution in [2.75, 3.05) is 5.32 Å². The van der Waals surface area contributed by atoms with Crippen LogP contribution in [0.1, 0.15) is 52.8 Å². The number of aryl methyl sites for hydroxylation is 1. The zero-order chi connectivity index (χ0) is 17.2. The van der Waals surface area contributed by atoms with Gasteiger partial charge in [-0.25, -0.2) is 0 Å². The number of rotatable bonds is 4. The lowest BCUT2D eigenvalue weighted by molar-refractivity contribution is -0.118. The number of carbonyl (C=O) groups is 1. The molecular formula is C19H27N3O. The number of benzene rings is 1. The first-order chi connectivity index (χ1) is 10.7. The molecule has 23 heavy (non-hydrogen) atoms. The summed E-state index contributed by atoms with van der Waals surface area (Å²) in [5.74, 6) is -0.0561. The van der Waals surface area contributed by atoms with Gasteiger partial charge in [-0.15, -0.1) is 0 Å². The van der Waals surface area contributed by atoms with E-state index in [2.05, 4.69) is 60.6 Å². The van der Waals surface area contributed by atoms with Gasteiger partial charge < -0.3 is 5.32 Å². The van der Waals surface area contributed by atoms with Gasteiger partial charge in [0.25, 0.3) is 0 Å². The lowest BCUT2D eigenvalue weighted by Gasteiger charge is -2.19. The molecule has 0 fully saturated rings. The maximum atomic E-state index is 12.1. The smallest absolute Gasteiger partial charge is 0.227 e. The first-order valence-electron chi connectivity index (χ1n) is 8.23. The largest absolute Gasteiger partial charge is 0.322 e. The van der Waals surface area contributed by atoms with E-state index in [-0.39, 0.29) is 17.2 Å². The van der Waals surface area contributed by atoms with Gasteiger partial charge in [0.15, 0.2) is 0 Å². The predicted molar refractivity (Wildman–Crippen MR) is 95.6 cm³/mol. The van der Waals surface area contributed by atoms with Crippen molar-refractivity contribution < 1.29 is 4.79 Å². The molecule has 124 valence electrons. The summed E-state index contributed by atoms with van der Waals surface area (Å²) in [6.07, 6.45) is 0.792. The Morgan fingerprint density at radius 1 is 1.22 bits per heavy atom. The number of nitrogens with one attached hydrogen (secondary N) is 2. The molecule has 0 spiro atoms. The second-order valence-electron chi connectivity index (χ2n) is 7.25. The van der Waals surface area contributed by atoms with Gasteiger partial charge in [0.1, 0.15) is 5.69 Å². The number of carbonyl (C=O) groups excluding carboxylic acids is 1. The Balaban J connectivity index is 2.39. The van der Waals surface area contributed by atoms with E-state index in [1.807, 2.05) is 20.8 Å². The Morgan fingerprint density at radius 3 is 2.30 bits per heavy atom. The summed E-state index contributed by atoms with van der Waals surface area (Å²) in [5, 5.41) is 10.5. The van der Waals surface area contributed by atoms with Crippen molar-refractivity contribution in [2.45, 2.75) is 53.4 Å². The van der Waals surface area contributed by atoms with Gasteiger partial charge in [0.05, 0.1) is 11.4 Å². The number of hydrogen-bond donors (Lipinski definition) is 2. The lowest BCUT2D eigenvalue weighted by atomic mass is 9.86. The number of H-pyrrole nitrogens is 1. The van der Waals surface area contributed by atoms with E-state index in [0.29, 0.717) is 0 Å². The maximum absolute atomic E-state index is 12.1. The Labute approximate surface area is 138 Å². The van der Waals surface area contributed by atoms with Crippen LogP contribution in [0.5, 0.6) is 0 Å². The van der Waals surface area contributed by atoms with Gasteiger partial charge in [-0.3, -0.25) is 9.89 Å². The van der Waals surface area contributed by atoms with E-state index in [0.717, 1.165) is 29.1 Å².